The molecule has 3 rings (SSSR count). The number of aryl methyl sites for hydroxylation is 1. The van der Waals surface area contributed by atoms with E-state index in [1.807, 2.05) is 17.5 Å². The molecule has 0 radical (unpaired) electrons. The summed E-state index contributed by atoms with van der Waals surface area (Å²) in [5, 5.41) is 8.58. The number of morpholine rings is 1. The van der Waals surface area contributed by atoms with E-state index in [4.69, 9.17) is 4.74 Å². The summed E-state index contributed by atoms with van der Waals surface area (Å²) in [6, 6.07) is 1.15. The van der Waals surface area contributed by atoms with Crippen molar-refractivity contribution in [2.45, 2.75) is 51.2 Å². The van der Waals surface area contributed by atoms with E-state index in [2.05, 4.69) is 22.5 Å². The molecule has 2 aliphatic rings. The Hall–Kier alpha value is -0.200. The molecule has 1 aliphatic carbocycles. The van der Waals surface area contributed by atoms with Gasteiger partial charge in [-0.15, -0.1) is 23.7 Å². The lowest BCUT2D eigenvalue weighted by molar-refractivity contribution is 0.0524. The number of nitrogens with one attached hydrogen (secondary N) is 2. The summed E-state index contributed by atoms with van der Waals surface area (Å²) in [6.45, 7) is 5.84. The number of aromatic nitrogens is 1. The Bertz CT molecular complexity index is 423. The van der Waals surface area contributed by atoms with Gasteiger partial charge in [0.05, 0.1) is 13.2 Å². The van der Waals surface area contributed by atoms with Crippen molar-refractivity contribution in [1.82, 2.24) is 15.6 Å². The third kappa shape index (κ3) is 4.39. The third-order valence-electron chi connectivity index (χ3n) is 4.50. The highest BCUT2D eigenvalue weighted by Gasteiger charge is 2.34. The highest BCUT2D eigenvalue weighted by Crippen LogP contribution is 2.29. The molecule has 1 saturated carbocycles. The molecule has 6 heteroatoms. The van der Waals surface area contributed by atoms with E-state index in [0.29, 0.717) is 18.0 Å². The smallest absolute Gasteiger partial charge is 0.107 e. The van der Waals surface area contributed by atoms with Crippen molar-refractivity contribution in [3.8, 4) is 0 Å². The van der Waals surface area contributed by atoms with E-state index in [1.165, 1.54) is 29.1 Å². The van der Waals surface area contributed by atoms with Gasteiger partial charge in [0.25, 0.3) is 0 Å². The molecule has 120 valence electrons. The van der Waals surface area contributed by atoms with Crippen LogP contribution in [0, 0.1) is 5.92 Å². The average molecular weight is 332 g/mol. The zero-order valence-corrected chi connectivity index (χ0v) is 14.3. The van der Waals surface area contributed by atoms with E-state index in [-0.39, 0.29) is 12.4 Å². The van der Waals surface area contributed by atoms with Gasteiger partial charge in [-0.2, -0.15) is 0 Å². The van der Waals surface area contributed by atoms with E-state index in [9.17, 15) is 0 Å². The van der Waals surface area contributed by atoms with Crippen LogP contribution in [0.5, 0.6) is 0 Å². The van der Waals surface area contributed by atoms with Gasteiger partial charge in [-0.25, -0.2) is 4.98 Å². The predicted octanol–water partition coefficient (Wildman–Crippen LogP) is 2.37. The fourth-order valence-corrected chi connectivity index (χ4v) is 4.21. The molecular formula is C15H26ClN3OS. The summed E-state index contributed by atoms with van der Waals surface area (Å²) in [5.41, 5.74) is 0. The fraction of sp³-hybridized carbons (Fsp3) is 0.800. The fourth-order valence-electron chi connectivity index (χ4n) is 3.40. The molecule has 1 aromatic rings. The lowest BCUT2D eigenvalue weighted by atomic mass is 9.94. The van der Waals surface area contributed by atoms with Crippen LogP contribution < -0.4 is 10.6 Å². The van der Waals surface area contributed by atoms with E-state index >= 15 is 0 Å². The van der Waals surface area contributed by atoms with Crippen LogP contribution in [0.1, 0.15) is 36.1 Å². The summed E-state index contributed by atoms with van der Waals surface area (Å²) in [7, 11) is 0. The van der Waals surface area contributed by atoms with Crippen molar-refractivity contribution >= 4 is 23.7 Å². The van der Waals surface area contributed by atoms with Crippen LogP contribution in [0.2, 0.25) is 0 Å². The molecule has 3 atom stereocenters. The predicted molar refractivity (Wildman–Crippen MR) is 89.3 cm³/mol. The Morgan fingerprint density at radius 1 is 1.48 bits per heavy atom. The van der Waals surface area contributed by atoms with Gasteiger partial charge in [0.1, 0.15) is 5.01 Å². The molecule has 2 N–H and O–H groups in total. The Labute approximate surface area is 137 Å². The zero-order chi connectivity index (χ0) is 13.8. The number of ether oxygens (including phenoxy) is 1. The highest BCUT2D eigenvalue weighted by atomic mass is 35.5. The Morgan fingerprint density at radius 2 is 2.38 bits per heavy atom. The lowest BCUT2D eigenvalue weighted by Gasteiger charge is -2.32. The van der Waals surface area contributed by atoms with Gasteiger partial charge < -0.3 is 15.4 Å². The van der Waals surface area contributed by atoms with Crippen molar-refractivity contribution in [3.63, 3.8) is 0 Å². The maximum atomic E-state index is 5.62. The summed E-state index contributed by atoms with van der Waals surface area (Å²) in [5.74, 6) is 0.709. The first-order valence-corrected chi connectivity index (χ1v) is 8.66. The number of rotatable bonds is 5. The minimum Gasteiger partial charge on any atom is -0.379 e. The third-order valence-corrected chi connectivity index (χ3v) is 5.64. The van der Waals surface area contributed by atoms with Crippen molar-refractivity contribution < 1.29 is 4.74 Å². The van der Waals surface area contributed by atoms with Gasteiger partial charge in [0, 0.05) is 36.2 Å². The normalized spacial score (nSPS) is 29.3. The second-order valence-corrected chi connectivity index (χ2v) is 6.99. The van der Waals surface area contributed by atoms with E-state index in [0.717, 1.165) is 32.7 Å². The molecule has 2 fully saturated rings. The number of thiazole rings is 1. The quantitative estimate of drug-likeness (QED) is 0.869. The van der Waals surface area contributed by atoms with Crippen LogP contribution in [0.15, 0.2) is 6.20 Å². The summed E-state index contributed by atoms with van der Waals surface area (Å²) >= 11 is 1.84. The van der Waals surface area contributed by atoms with E-state index in [1.54, 1.807) is 0 Å². The summed E-state index contributed by atoms with van der Waals surface area (Å²) in [6.07, 6.45) is 7.04. The number of halogens is 1. The van der Waals surface area contributed by atoms with Crippen molar-refractivity contribution in [1.29, 1.82) is 0 Å². The van der Waals surface area contributed by atoms with Crippen LogP contribution in [0.4, 0.5) is 0 Å². The topological polar surface area (TPSA) is 46.2 Å². The second-order valence-electron chi connectivity index (χ2n) is 5.79. The Morgan fingerprint density at radius 3 is 3.10 bits per heavy atom. The maximum absolute atomic E-state index is 5.62. The van der Waals surface area contributed by atoms with Crippen molar-refractivity contribution in [2.75, 3.05) is 19.8 Å². The molecule has 0 bridgehead atoms. The van der Waals surface area contributed by atoms with Gasteiger partial charge in [-0.05, 0) is 25.2 Å². The van der Waals surface area contributed by atoms with Crippen LogP contribution in [-0.4, -0.2) is 36.8 Å². The average Bonchev–Trinajstić information content (AvgIpc) is 3.15. The maximum Gasteiger partial charge on any atom is 0.107 e. The van der Waals surface area contributed by atoms with Crippen LogP contribution >= 0.6 is 23.7 Å². The monoisotopic (exact) mass is 331 g/mol. The highest BCUT2D eigenvalue weighted by molar-refractivity contribution is 7.11. The first kappa shape index (κ1) is 17.2. The molecule has 4 nitrogen and oxygen atoms in total. The minimum absolute atomic E-state index is 0. The molecule has 0 spiro atoms. The molecule has 1 aliphatic heterocycles. The Balaban J connectivity index is 0.00000161. The number of hydrogen-bond donors (Lipinski definition) is 2. The zero-order valence-electron chi connectivity index (χ0n) is 12.6. The minimum atomic E-state index is 0. The number of hydrogen-bond acceptors (Lipinski definition) is 5. The van der Waals surface area contributed by atoms with Gasteiger partial charge in [0.15, 0.2) is 0 Å². The van der Waals surface area contributed by atoms with Gasteiger partial charge in [-0.1, -0.05) is 13.3 Å². The van der Waals surface area contributed by atoms with Crippen LogP contribution in [0.25, 0.3) is 0 Å². The van der Waals surface area contributed by atoms with Crippen molar-refractivity contribution in [3.05, 3.63) is 16.1 Å². The Kier molecular flexibility index (Phi) is 6.89. The van der Waals surface area contributed by atoms with Crippen LogP contribution in [-0.2, 0) is 17.7 Å². The lowest BCUT2D eigenvalue weighted by Crippen LogP contribution is -2.50. The van der Waals surface area contributed by atoms with Crippen molar-refractivity contribution in [2.24, 2.45) is 5.92 Å². The molecule has 2 heterocycles. The molecule has 21 heavy (non-hydrogen) atoms. The second kappa shape index (κ2) is 8.44. The molecular weight excluding hydrogens is 306 g/mol. The molecule has 1 saturated heterocycles. The SMILES string of the molecule is CCc1cnc(CNC2CCCC2C2COCCN2)s1.Cl. The van der Waals surface area contributed by atoms with E-state index < -0.39 is 0 Å². The first-order chi connectivity index (χ1) is 9.86. The van der Waals surface area contributed by atoms with Crippen LogP contribution in [0.3, 0.4) is 0 Å². The largest absolute Gasteiger partial charge is 0.379 e. The standard InChI is InChI=1S/C15H25N3OS.ClH/c1-2-11-8-18-15(20-11)9-17-13-5-3-4-12(13)14-10-19-7-6-16-14;/h8,12-14,16-17H,2-7,9-10H2,1H3;1H. The summed E-state index contributed by atoms with van der Waals surface area (Å²) in [4.78, 5) is 5.88. The molecule has 3 unspecified atom stereocenters. The first-order valence-electron chi connectivity index (χ1n) is 7.85. The van der Waals surface area contributed by atoms with Gasteiger partial charge >= 0.3 is 0 Å². The molecule has 1 aromatic heterocycles. The molecule has 0 aromatic carbocycles. The summed E-state index contributed by atoms with van der Waals surface area (Å²) < 4.78 is 5.62. The van der Waals surface area contributed by atoms with Gasteiger partial charge in [-0.3, -0.25) is 0 Å². The molecule has 0 amide bonds. The van der Waals surface area contributed by atoms with Gasteiger partial charge in [0.2, 0.25) is 0 Å². The number of nitrogens with zero attached hydrogens (tertiary/aromatic N) is 1.